The van der Waals surface area contributed by atoms with Crippen LogP contribution < -0.4 is 4.74 Å². The quantitative estimate of drug-likeness (QED) is 0.828. The van der Waals surface area contributed by atoms with Crippen molar-refractivity contribution in [1.82, 2.24) is 4.90 Å². The van der Waals surface area contributed by atoms with Crippen molar-refractivity contribution in [2.75, 3.05) is 20.7 Å². The lowest BCUT2D eigenvalue weighted by Crippen LogP contribution is -2.31. The summed E-state index contributed by atoms with van der Waals surface area (Å²) in [5.41, 5.74) is 2.38. The van der Waals surface area contributed by atoms with Gasteiger partial charge in [0.05, 0.1) is 13.2 Å². The Labute approximate surface area is 106 Å². The summed E-state index contributed by atoms with van der Waals surface area (Å²) in [4.78, 5) is 12.8. The topological polar surface area (TPSA) is 49.8 Å². The maximum Gasteiger partial charge on any atom is 0.328 e. The van der Waals surface area contributed by atoms with Gasteiger partial charge in [-0.3, -0.25) is 4.90 Å². The first kappa shape index (κ1) is 12.6. The SMILES string of the molecule is COc1ccc2c(c1)C(/C=C/C(=O)O)N(C)CC2. The predicted octanol–water partition coefficient (Wildman–Crippen LogP) is 1.86. The molecular formula is C14H17NO3. The van der Waals surface area contributed by atoms with Gasteiger partial charge < -0.3 is 9.84 Å². The van der Waals surface area contributed by atoms with Gasteiger partial charge in [-0.25, -0.2) is 4.79 Å². The number of likely N-dealkylation sites (N-methyl/N-ethyl adjacent to an activating group) is 1. The minimum absolute atomic E-state index is 0.0000463. The molecule has 0 amide bonds. The van der Waals surface area contributed by atoms with Crippen LogP contribution in [0.3, 0.4) is 0 Å². The molecule has 96 valence electrons. The van der Waals surface area contributed by atoms with Crippen molar-refractivity contribution in [2.45, 2.75) is 12.5 Å². The Morgan fingerprint density at radius 1 is 1.56 bits per heavy atom. The van der Waals surface area contributed by atoms with Crippen LogP contribution in [0.2, 0.25) is 0 Å². The number of carboxylic acid groups (broad SMARTS) is 1. The number of rotatable bonds is 3. The number of nitrogens with zero attached hydrogens (tertiary/aromatic N) is 1. The van der Waals surface area contributed by atoms with E-state index in [1.165, 1.54) is 11.6 Å². The Kier molecular flexibility index (Phi) is 3.67. The molecule has 4 heteroatoms. The van der Waals surface area contributed by atoms with Crippen LogP contribution in [-0.2, 0) is 11.2 Å². The van der Waals surface area contributed by atoms with E-state index in [1.807, 2.05) is 19.2 Å². The molecule has 4 nitrogen and oxygen atoms in total. The fraction of sp³-hybridized carbons (Fsp3) is 0.357. The van der Waals surface area contributed by atoms with Gasteiger partial charge in [0.25, 0.3) is 0 Å². The lowest BCUT2D eigenvalue weighted by Gasteiger charge is -2.32. The maximum absolute atomic E-state index is 10.7. The van der Waals surface area contributed by atoms with Gasteiger partial charge in [-0.1, -0.05) is 12.1 Å². The molecule has 0 spiro atoms. The average molecular weight is 247 g/mol. The molecule has 0 aliphatic carbocycles. The molecule has 0 bridgehead atoms. The van der Waals surface area contributed by atoms with E-state index in [4.69, 9.17) is 9.84 Å². The molecule has 0 saturated carbocycles. The molecular weight excluding hydrogens is 230 g/mol. The highest BCUT2D eigenvalue weighted by Crippen LogP contribution is 2.32. The van der Waals surface area contributed by atoms with E-state index >= 15 is 0 Å². The summed E-state index contributed by atoms with van der Waals surface area (Å²) in [5, 5.41) is 8.75. The zero-order valence-electron chi connectivity index (χ0n) is 10.6. The third-order valence-electron chi connectivity index (χ3n) is 3.30. The summed E-state index contributed by atoms with van der Waals surface area (Å²) >= 11 is 0. The van der Waals surface area contributed by atoms with Gasteiger partial charge in [-0.05, 0) is 36.7 Å². The fourth-order valence-electron chi connectivity index (χ4n) is 2.30. The average Bonchev–Trinajstić information content (AvgIpc) is 2.36. The number of methoxy groups -OCH3 is 1. The van der Waals surface area contributed by atoms with Gasteiger partial charge in [0.1, 0.15) is 5.75 Å². The lowest BCUT2D eigenvalue weighted by atomic mass is 9.92. The van der Waals surface area contributed by atoms with E-state index in [0.29, 0.717) is 0 Å². The van der Waals surface area contributed by atoms with E-state index in [1.54, 1.807) is 13.2 Å². The van der Waals surface area contributed by atoms with Gasteiger partial charge in [0, 0.05) is 12.6 Å². The number of hydrogen-bond donors (Lipinski definition) is 1. The molecule has 1 unspecified atom stereocenters. The van der Waals surface area contributed by atoms with Crippen LogP contribution in [0.5, 0.6) is 5.75 Å². The van der Waals surface area contributed by atoms with Crippen molar-refractivity contribution >= 4 is 5.97 Å². The number of aliphatic carboxylic acids is 1. The number of carboxylic acids is 1. The normalized spacial score (nSPS) is 19.8. The van der Waals surface area contributed by atoms with Crippen LogP contribution in [0.15, 0.2) is 30.4 Å². The van der Waals surface area contributed by atoms with E-state index in [-0.39, 0.29) is 6.04 Å². The predicted molar refractivity (Wildman–Crippen MR) is 68.8 cm³/mol. The van der Waals surface area contributed by atoms with Crippen molar-refractivity contribution in [3.8, 4) is 5.75 Å². The maximum atomic E-state index is 10.7. The lowest BCUT2D eigenvalue weighted by molar-refractivity contribution is -0.131. The molecule has 1 N–H and O–H groups in total. The highest BCUT2D eigenvalue weighted by Gasteiger charge is 2.23. The summed E-state index contributed by atoms with van der Waals surface area (Å²) in [6.07, 6.45) is 3.91. The number of hydrogen-bond acceptors (Lipinski definition) is 3. The second kappa shape index (κ2) is 5.23. The summed E-state index contributed by atoms with van der Waals surface area (Å²) in [5.74, 6) is -0.115. The van der Waals surface area contributed by atoms with Gasteiger partial charge in [0.15, 0.2) is 0 Å². The Hall–Kier alpha value is -1.81. The molecule has 1 atom stereocenters. The van der Waals surface area contributed by atoms with E-state index in [9.17, 15) is 4.79 Å². The van der Waals surface area contributed by atoms with Gasteiger partial charge in [0.2, 0.25) is 0 Å². The summed E-state index contributed by atoms with van der Waals surface area (Å²) in [7, 11) is 3.63. The third-order valence-corrected chi connectivity index (χ3v) is 3.30. The molecule has 1 aliphatic rings. The van der Waals surface area contributed by atoms with Crippen LogP contribution in [0.25, 0.3) is 0 Å². The first-order chi connectivity index (χ1) is 8.61. The van der Waals surface area contributed by atoms with Crippen molar-refractivity contribution in [3.63, 3.8) is 0 Å². The van der Waals surface area contributed by atoms with Gasteiger partial charge in [-0.15, -0.1) is 0 Å². The molecule has 0 fully saturated rings. The Balaban J connectivity index is 2.38. The van der Waals surface area contributed by atoms with Crippen LogP contribution in [0.4, 0.5) is 0 Å². The summed E-state index contributed by atoms with van der Waals surface area (Å²) in [6, 6.07) is 5.99. The Bertz CT molecular complexity index is 482. The Morgan fingerprint density at radius 2 is 2.33 bits per heavy atom. The van der Waals surface area contributed by atoms with Gasteiger partial charge in [-0.2, -0.15) is 0 Å². The van der Waals surface area contributed by atoms with Crippen LogP contribution in [0.1, 0.15) is 17.2 Å². The number of benzene rings is 1. The van der Waals surface area contributed by atoms with Crippen molar-refractivity contribution in [2.24, 2.45) is 0 Å². The molecule has 0 radical (unpaired) electrons. The summed E-state index contributed by atoms with van der Waals surface area (Å²) in [6.45, 7) is 0.925. The minimum Gasteiger partial charge on any atom is -0.497 e. The third kappa shape index (κ3) is 2.54. The fourth-order valence-corrected chi connectivity index (χ4v) is 2.30. The monoisotopic (exact) mass is 247 g/mol. The molecule has 1 aliphatic heterocycles. The van der Waals surface area contributed by atoms with Crippen molar-refractivity contribution in [3.05, 3.63) is 41.5 Å². The van der Waals surface area contributed by atoms with Crippen LogP contribution in [-0.4, -0.2) is 36.7 Å². The summed E-state index contributed by atoms with van der Waals surface area (Å²) < 4.78 is 5.23. The molecule has 1 aromatic carbocycles. The molecule has 2 rings (SSSR count). The second-order valence-electron chi connectivity index (χ2n) is 4.44. The molecule has 1 aromatic rings. The largest absolute Gasteiger partial charge is 0.497 e. The van der Waals surface area contributed by atoms with Crippen LogP contribution >= 0.6 is 0 Å². The zero-order chi connectivity index (χ0) is 13.1. The molecule has 18 heavy (non-hydrogen) atoms. The molecule has 0 saturated heterocycles. The first-order valence-electron chi connectivity index (χ1n) is 5.90. The number of carbonyl (C=O) groups is 1. The van der Waals surface area contributed by atoms with Crippen LogP contribution in [0, 0.1) is 0 Å². The molecule has 0 aromatic heterocycles. The number of ether oxygens (including phenoxy) is 1. The van der Waals surface area contributed by atoms with Crippen molar-refractivity contribution in [1.29, 1.82) is 0 Å². The second-order valence-corrected chi connectivity index (χ2v) is 4.44. The Morgan fingerprint density at radius 3 is 3.00 bits per heavy atom. The molecule has 1 heterocycles. The van der Waals surface area contributed by atoms with E-state index < -0.39 is 5.97 Å². The van der Waals surface area contributed by atoms with E-state index in [0.717, 1.165) is 24.3 Å². The smallest absolute Gasteiger partial charge is 0.328 e. The van der Waals surface area contributed by atoms with Gasteiger partial charge >= 0.3 is 5.97 Å². The standard InChI is InChI=1S/C14H17NO3/c1-15-8-7-10-3-4-11(18-2)9-12(10)13(15)5-6-14(16)17/h3-6,9,13H,7-8H2,1-2H3,(H,16,17)/b6-5+. The van der Waals surface area contributed by atoms with E-state index in [2.05, 4.69) is 11.0 Å². The highest BCUT2D eigenvalue weighted by molar-refractivity contribution is 5.79. The number of fused-ring (bicyclic) bond motifs is 1. The zero-order valence-corrected chi connectivity index (χ0v) is 10.6. The highest BCUT2D eigenvalue weighted by atomic mass is 16.5. The van der Waals surface area contributed by atoms with Crippen molar-refractivity contribution < 1.29 is 14.6 Å². The first-order valence-corrected chi connectivity index (χ1v) is 5.90. The minimum atomic E-state index is -0.918.